The minimum atomic E-state index is -4.65. The van der Waals surface area contributed by atoms with Crippen molar-refractivity contribution in [1.82, 2.24) is 0 Å². The summed E-state index contributed by atoms with van der Waals surface area (Å²) >= 11 is 0. The van der Waals surface area contributed by atoms with Gasteiger partial charge in [0.25, 0.3) is 7.82 Å². The minimum Gasteiger partial charge on any atom is -0.756 e. The Labute approximate surface area is 634 Å². The maximum atomic E-state index is 12.9. The second-order valence-corrected chi connectivity index (χ2v) is 32.3. The molecule has 0 aromatic rings. The highest BCUT2D eigenvalue weighted by atomic mass is 31.2. The molecule has 2 atom stereocenters. The van der Waals surface area contributed by atoms with Crippen LogP contribution in [0.15, 0.2) is 97.2 Å². The number of esters is 2. The van der Waals surface area contributed by atoms with Crippen molar-refractivity contribution in [3.8, 4) is 0 Å². The molecule has 594 valence electrons. The molecule has 0 aliphatic rings. The SMILES string of the molecule is CC/C=C\C/C=C\C/C=C\C/C=C\C/C=C\C/C=C\C/C=C\CCCCCCCCCCCCCCCCCCCCCC(=O)OC(COC(=O)CCCCCCCCCCCCCCCCCCCCCCCCCCC/C=C\CCCCCCCCCC)COP(=O)([O-])OCC[N+](C)(C)C. The van der Waals surface area contributed by atoms with Crippen molar-refractivity contribution in [1.29, 1.82) is 0 Å². The number of unbranched alkanes of at least 4 members (excludes halogenated alkanes) is 52. The zero-order valence-electron chi connectivity index (χ0n) is 68.1. The van der Waals surface area contributed by atoms with Gasteiger partial charge >= 0.3 is 11.9 Å². The van der Waals surface area contributed by atoms with Crippen LogP contribution in [0.4, 0.5) is 0 Å². The molecule has 9 nitrogen and oxygen atoms in total. The van der Waals surface area contributed by atoms with Crippen LogP contribution in [0, 0.1) is 0 Å². The zero-order valence-corrected chi connectivity index (χ0v) is 69.0. The maximum Gasteiger partial charge on any atom is 0.306 e. The third-order valence-electron chi connectivity index (χ3n) is 19.6. The molecule has 0 aliphatic carbocycles. The van der Waals surface area contributed by atoms with Gasteiger partial charge in [0.2, 0.25) is 0 Å². The van der Waals surface area contributed by atoms with E-state index < -0.39 is 26.5 Å². The summed E-state index contributed by atoms with van der Waals surface area (Å²) in [6, 6.07) is 0. The molecule has 0 amide bonds. The van der Waals surface area contributed by atoms with Crippen LogP contribution in [0.2, 0.25) is 0 Å². The lowest BCUT2D eigenvalue weighted by Crippen LogP contribution is -2.37. The molecule has 102 heavy (non-hydrogen) atoms. The van der Waals surface area contributed by atoms with Crippen LogP contribution in [0.25, 0.3) is 0 Å². The van der Waals surface area contributed by atoms with E-state index in [2.05, 4.69) is 111 Å². The van der Waals surface area contributed by atoms with E-state index in [0.29, 0.717) is 17.4 Å². The van der Waals surface area contributed by atoms with E-state index in [-0.39, 0.29) is 32.0 Å². The fourth-order valence-corrected chi connectivity index (χ4v) is 13.7. The highest BCUT2D eigenvalue weighted by molar-refractivity contribution is 7.45. The molecule has 2 unspecified atom stereocenters. The minimum absolute atomic E-state index is 0.0300. The number of rotatable bonds is 82. The van der Waals surface area contributed by atoms with Gasteiger partial charge in [0.15, 0.2) is 6.10 Å². The van der Waals surface area contributed by atoms with E-state index in [9.17, 15) is 19.0 Å². The lowest BCUT2D eigenvalue weighted by Gasteiger charge is -2.28. The molecular weight excluding hydrogens is 1280 g/mol. The molecule has 0 N–H and O–H groups in total. The first-order chi connectivity index (χ1) is 50.0. The lowest BCUT2D eigenvalue weighted by atomic mass is 10.0. The summed E-state index contributed by atoms with van der Waals surface area (Å²) in [5.74, 6) is -0.812. The number of hydrogen-bond donors (Lipinski definition) is 0. The average Bonchev–Trinajstić information content (AvgIpc) is 0.916. The van der Waals surface area contributed by atoms with Crippen LogP contribution in [-0.2, 0) is 32.7 Å². The molecule has 0 saturated heterocycles. The Bertz CT molecular complexity index is 2050. The molecule has 0 rings (SSSR count). The summed E-state index contributed by atoms with van der Waals surface area (Å²) in [6.45, 7) is 4.19. The van der Waals surface area contributed by atoms with E-state index in [1.165, 1.54) is 308 Å². The Morgan fingerprint density at radius 2 is 0.559 bits per heavy atom. The first-order valence-corrected chi connectivity index (χ1v) is 45.4. The number of ether oxygens (including phenoxy) is 2. The first-order valence-electron chi connectivity index (χ1n) is 43.9. The van der Waals surface area contributed by atoms with E-state index in [1.807, 2.05) is 21.1 Å². The van der Waals surface area contributed by atoms with Crippen LogP contribution in [0.1, 0.15) is 425 Å². The van der Waals surface area contributed by atoms with Gasteiger partial charge in [-0.25, -0.2) is 0 Å². The highest BCUT2D eigenvalue weighted by Crippen LogP contribution is 2.38. The smallest absolute Gasteiger partial charge is 0.306 e. The molecule has 0 radical (unpaired) electrons. The van der Waals surface area contributed by atoms with Crippen molar-refractivity contribution in [2.75, 3.05) is 47.5 Å². The van der Waals surface area contributed by atoms with Crippen LogP contribution in [0.3, 0.4) is 0 Å². The van der Waals surface area contributed by atoms with Gasteiger partial charge < -0.3 is 27.9 Å². The number of allylic oxidation sites excluding steroid dienone is 16. The van der Waals surface area contributed by atoms with Gasteiger partial charge in [-0.1, -0.05) is 413 Å². The van der Waals surface area contributed by atoms with Gasteiger partial charge in [-0.2, -0.15) is 0 Å². The van der Waals surface area contributed by atoms with Crippen molar-refractivity contribution >= 4 is 19.8 Å². The number of carbonyl (C=O) groups excluding carboxylic acids is 2. The molecule has 0 saturated carbocycles. The second-order valence-electron chi connectivity index (χ2n) is 30.9. The van der Waals surface area contributed by atoms with Gasteiger partial charge in [0.1, 0.15) is 19.8 Å². The molecule has 0 aliphatic heterocycles. The van der Waals surface area contributed by atoms with Gasteiger partial charge in [-0.05, 0) is 96.3 Å². The summed E-state index contributed by atoms with van der Waals surface area (Å²) in [6.07, 6.45) is 116. The number of likely N-dealkylation sites (N-methyl/N-ethyl adjacent to an activating group) is 1. The van der Waals surface area contributed by atoms with Gasteiger partial charge in [-0.15, -0.1) is 0 Å². The summed E-state index contributed by atoms with van der Waals surface area (Å²) in [5.41, 5.74) is 0. The largest absolute Gasteiger partial charge is 0.756 e. The van der Waals surface area contributed by atoms with Crippen molar-refractivity contribution in [3.63, 3.8) is 0 Å². The topological polar surface area (TPSA) is 111 Å². The second kappa shape index (κ2) is 82.0. The van der Waals surface area contributed by atoms with Gasteiger partial charge in [0.05, 0.1) is 27.7 Å². The third-order valence-corrected chi connectivity index (χ3v) is 20.6. The predicted molar refractivity (Wildman–Crippen MR) is 443 cm³/mol. The van der Waals surface area contributed by atoms with E-state index in [0.717, 1.165) is 83.5 Å². The quantitative estimate of drug-likeness (QED) is 0.0195. The zero-order chi connectivity index (χ0) is 74.0. The van der Waals surface area contributed by atoms with Crippen LogP contribution in [0.5, 0.6) is 0 Å². The number of carbonyl (C=O) groups is 2. The Morgan fingerprint density at radius 3 is 0.843 bits per heavy atom. The molecule has 0 bridgehead atoms. The molecule has 0 aromatic carbocycles. The molecule has 10 heteroatoms. The monoisotopic (exact) mass is 1450 g/mol. The Balaban J connectivity index is 3.89. The average molecular weight is 1450 g/mol. The number of hydrogen-bond acceptors (Lipinski definition) is 8. The number of phosphoric ester groups is 1. The summed E-state index contributed by atoms with van der Waals surface area (Å²) < 4.78 is 34.5. The van der Waals surface area contributed by atoms with Crippen molar-refractivity contribution < 1.29 is 42.1 Å². The Kier molecular flexibility index (Phi) is 79.5. The van der Waals surface area contributed by atoms with Crippen LogP contribution >= 0.6 is 7.82 Å². The molecular formula is C92H168NO8P. The van der Waals surface area contributed by atoms with Crippen molar-refractivity contribution in [2.24, 2.45) is 0 Å². The highest BCUT2D eigenvalue weighted by Gasteiger charge is 2.22. The van der Waals surface area contributed by atoms with E-state index in [1.54, 1.807) is 0 Å². The van der Waals surface area contributed by atoms with Crippen molar-refractivity contribution in [3.05, 3.63) is 97.2 Å². The number of quaternary nitrogens is 1. The normalized spacial score (nSPS) is 13.4. The van der Waals surface area contributed by atoms with E-state index >= 15 is 0 Å². The van der Waals surface area contributed by atoms with Crippen LogP contribution < -0.4 is 4.89 Å². The van der Waals surface area contributed by atoms with Crippen LogP contribution in [-0.4, -0.2) is 70.0 Å². The molecule has 0 fully saturated rings. The van der Waals surface area contributed by atoms with E-state index in [4.69, 9.17) is 18.5 Å². The summed E-state index contributed by atoms with van der Waals surface area (Å²) in [4.78, 5) is 38.3. The molecule has 0 heterocycles. The summed E-state index contributed by atoms with van der Waals surface area (Å²) in [7, 11) is 1.18. The Hall–Kier alpha value is -3.07. The predicted octanol–water partition coefficient (Wildman–Crippen LogP) is 29.1. The number of phosphoric acid groups is 1. The number of nitrogens with zero attached hydrogens (tertiary/aromatic N) is 1. The summed E-state index contributed by atoms with van der Waals surface area (Å²) in [5, 5.41) is 0. The van der Waals surface area contributed by atoms with Gasteiger partial charge in [-0.3, -0.25) is 14.2 Å². The van der Waals surface area contributed by atoms with Gasteiger partial charge in [0, 0.05) is 12.8 Å². The Morgan fingerprint density at radius 1 is 0.314 bits per heavy atom. The van der Waals surface area contributed by atoms with Crippen molar-refractivity contribution in [2.45, 2.75) is 431 Å². The fourth-order valence-electron chi connectivity index (χ4n) is 12.9. The standard InChI is InChI=1S/C92H168NO8P/c1-6-8-10-12-14-16-18-20-22-24-26-28-30-32-34-36-38-40-42-44-45-46-47-49-51-53-55-57-59-61-63-65-67-69-71-73-75-77-79-81-83-85-92(95)101-90(89-100-102(96,97)99-87-86-93(3,4)5)88-98-91(94)84-82-80-78-76-74-72-70-68-66-64-62-60-58-56-54-52-50-48-43-41-39-37-35-33-31-29-27-25-23-21-19-17-15-13-11-9-7-2/h8,10,14,16,20,22,25-28,32,34,38,40,44-45,90H,6-7,9,11-13,15,17-19,21,23-24,29-31,33,35-37,39,41-43,46-89H2,1-5H3/b10-8-,16-14-,22-20-,27-25-,28-26-,34-32-,40-38-,45-44-. The molecule has 0 aromatic heterocycles. The molecule has 0 spiro atoms. The lowest BCUT2D eigenvalue weighted by molar-refractivity contribution is -0.870. The third kappa shape index (κ3) is 85.9. The fraction of sp³-hybridized carbons (Fsp3) is 0.804. The maximum absolute atomic E-state index is 12.9. The first kappa shape index (κ1) is 98.9.